The molecule has 0 heterocycles. The minimum atomic E-state index is 0.281. The fourth-order valence-corrected chi connectivity index (χ4v) is 2.39. The Morgan fingerprint density at radius 3 is 2.44 bits per heavy atom. The van der Waals surface area contributed by atoms with Crippen LogP contribution in [0.4, 0.5) is 0 Å². The molecule has 1 aromatic carbocycles. The van der Waals surface area contributed by atoms with E-state index in [1.54, 1.807) is 19.2 Å². The lowest BCUT2D eigenvalue weighted by Crippen LogP contribution is -2.15. The molecule has 0 aromatic heterocycles. The van der Waals surface area contributed by atoms with E-state index in [2.05, 4.69) is 0 Å². The van der Waals surface area contributed by atoms with Gasteiger partial charge in [0, 0.05) is 5.56 Å². The highest BCUT2D eigenvalue weighted by Gasteiger charge is 2.16. The third-order valence-electron chi connectivity index (χ3n) is 3.42. The number of carbonyl (C=O) groups excluding carboxylic acids is 1. The van der Waals surface area contributed by atoms with E-state index in [0.717, 1.165) is 24.9 Å². The molecule has 0 aliphatic heterocycles. The van der Waals surface area contributed by atoms with E-state index in [4.69, 9.17) is 9.47 Å². The maximum absolute atomic E-state index is 10.7. The zero-order chi connectivity index (χ0) is 12.8. The first kappa shape index (κ1) is 12.9. The van der Waals surface area contributed by atoms with Gasteiger partial charge < -0.3 is 9.47 Å². The van der Waals surface area contributed by atoms with E-state index in [-0.39, 0.29) is 6.10 Å². The summed E-state index contributed by atoms with van der Waals surface area (Å²) in [6.07, 6.45) is 8.40. The standard InChI is InChI=1S/C15H20O3/c1-17-15-10-12(11-16)8-9-14(15)18-13-6-4-2-3-5-7-13/h8-11,13H,2-7H2,1H3. The van der Waals surface area contributed by atoms with Crippen molar-refractivity contribution in [2.45, 2.75) is 44.6 Å². The average molecular weight is 248 g/mol. The Labute approximate surface area is 108 Å². The predicted octanol–water partition coefficient (Wildman–Crippen LogP) is 3.61. The maximum atomic E-state index is 10.7. The summed E-state index contributed by atoms with van der Waals surface area (Å²) in [5.74, 6) is 1.39. The number of hydrogen-bond acceptors (Lipinski definition) is 3. The molecule has 98 valence electrons. The Bertz CT molecular complexity index is 393. The summed E-state index contributed by atoms with van der Waals surface area (Å²) in [6.45, 7) is 0. The van der Waals surface area contributed by atoms with Crippen molar-refractivity contribution in [3.8, 4) is 11.5 Å². The SMILES string of the molecule is COc1cc(C=O)ccc1OC1CCCCCC1. The highest BCUT2D eigenvalue weighted by atomic mass is 16.5. The summed E-state index contributed by atoms with van der Waals surface area (Å²) in [5.41, 5.74) is 0.611. The van der Waals surface area contributed by atoms with Crippen LogP contribution in [0.25, 0.3) is 0 Å². The summed E-state index contributed by atoms with van der Waals surface area (Å²) in [4.78, 5) is 10.7. The lowest BCUT2D eigenvalue weighted by Gasteiger charge is -2.19. The lowest BCUT2D eigenvalue weighted by atomic mass is 10.1. The van der Waals surface area contributed by atoms with Gasteiger partial charge >= 0.3 is 0 Å². The summed E-state index contributed by atoms with van der Waals surface area (Å²) >= 11 is 0. The van der Waals surface area contributed by atoms with Gasteiger partial charge in [0.1, 0.15) is 6.29 Å². The fourth-order valence-electron chi connectivity index (χ4n) is 2.39. The van der Waals surface area contributed by atoms with Crippen molar-refractivity contribution in [2.75, 3.05) is 7.11 Å². The molecule has 0 saturated heterocycles. The topological polar surface area (TPSA) is 35.5 Å². The second kappa shape index (κ2) is 6.43. The Morgan fingerprint density at radius 1 is 1.11 bits per heavy atom. The molecule has 1 aliphatic rings. The van der Waals surface area contributed by atoms with E-state index in [1.807, 2.05) is 6.07 Å². The zero-order valence-electron chi connectivity index (χ0n) is 10.9. The molecule has 0 bridgehead atoms. The van der Waals surface area contributed by atoms with Crippen molar-refractivity contribution in [3.05, 3.63) is 23.8 Å². The van der Waals surface area contributed by atoms with Crippen LogP contribution >= 0.6 is 0 Å². The van der Waals surface area contributed by atoms with Crippen molar-refractivity contribution >= 4 is 6.29 Å². The third-order valence-corrected chi connectivity index (χ3v) is 3.42. The van der Waals surface area contributed by atoms with Gasteiger partial charge in [-0.3, -0.25) is 4.79 Å². The Hall–Kier alpha value is -1.51. The van der Waals surface area contributed by atoms with Crippen molar-refractivity contribution < 1.29 is 14.3 Å². The van der Waals surface area contributed by atoms with Gasteiger partial charge in [0.05, 0.1) is 13.2 Å². The first-order valence-electron chi connectivity index (χ1n) is 6.63. The molecule has 3 heteroatoms. The van der Waals surface area contributed by atoms with Gasteiger partial charge in [-0.05, 0) is 43.9 Å². The van der Waals surface area contributed by atoms with Crippen LogP contribution < -0.4 is 9.47 Å². The quantitative estimate of drug-likeness (QED) is 0.603. The van der Waals surface area contributed by atoms with Crippen LogP contribution in [0.15, 0.2) is 18.2 Å². The minimum absolute atomic E-state index is 0.281. The number of benzene rings is 1. The van der Waals surface area contributed by atoms with Gasteiger partial charge in [0.2, 0.25) is 0 Å². The number of hydrogen-bond donors (Lipinski definition) is 0. The molecule has 0 spiro atoms. The number of methoxy groups -OCH3 is 1. The van der Waals surface area contributed by atoms with Crippen LogP contribution in [0.2, 0.25) is 0 Å². The van der Waals surface area contributed by atoms with Gasteiger partial charge in [0.25, 0.3) is 0 Å². The molecule has 1 fully saturated rings. The number of rotatable bonds is 4. The van der Waals surface area contributed by atoms with Crippen LogP contribution in [0.1, 0.15) is 48.9 Å². The van der Waals surface area contributed by atoms with Crippen LogP contribution in [0.3, 0.4) is 0 Å². The molecule has 18 heavy (non-hydrogen) atoms. The lowest BCUT2D eigenvalue weighted by molar-refractivity contribution is 0.112. The molecule has 0 atom stereocenters. The first-order valence-corrected chi connectivity index (χ1v) is 6.63. The van der Waals surface area contributed by atoms with E-state index >= 15 is 0 Å². The van der Waals surface area contributed by atoms with Gasteiger partial charge in [-0.1, -0.05) is 12.8 Å². The summed E-state index contributed by atoms with van der Waals surface area (Å²) in [6, 6.07) is 5.31. The number of ether oxygens (including phenoxy) is 2. The fraction of sp³-hybridized carbons (Fsp3) is 0.533. The highest BCUT2D eigenvalue weighted by molar-refractivity contribution is 5.76. The van der Waals surface area contributed by atoms with E-state index in [0.29, 0.717) is 11.3 Å². The van der Waals surface area contributed by atoms with E-state index in [9.17, 15) is 4.79 Å². The second-order valence-corrected chi connectivity index (χ2v) is 4.76. The molecule has 0 N–H and O–H groups in total. The summed E-state index contributed by atoms with van der Waals surface area (Å²) in [7, 11) is 1.60. The number of carbonyl (C=O) groups is 1. The molecular formula is C15H20O3. The van der Waals surface area contributed by atoms with E-state index in [1.165, 1.54) is 25.7 Å². The van der Waals surface area contributed by atoms with Crippen molar-refractivity contribution in [2.24, 2.45) is 0 Å². The molecular weight excluding hydrogens is 228 g/mol. The molecule has 0 radical (unpaired) electrons. The zero-order valence-corrected chi connectivity index (χ0v) is 10.9. The second-order valence-electron chi connectivity index (χ2n) is 4.76. The molecule has 0 unspecified atom stereocenters. The monoisotopic (exact) mass is 248 g/mol. The van der Waals surface area contributed by atoms with Gasteiger partial charge in [-0.15, -0.1) is 0 Å². The number of aldehydes is 1. The Balaban J connectivity index is 2.09. The van der Waals surface area contributed by atoms with Crippen LogP contribution in [0, 0.1) is 0 Å². The summed E-state index contributed by atoms with van der Waals surface area (Å²) in [5, 5.41) is 0. The van der Waals surface area contributed by atoms with Gasteiger partial charge in [-0.25, -0.2) is 0 Å². The molecule has 1 saturated carbocycles. The first-order chi connectivity index (χ1) is 8.83. The van der Waals surface area contributed by atoms with Crippen molar-refractivity contribution in [3.63, 3.8) is 0 Å². The minimum Gasteiger partial charge on any atom is -0.493 e. The van der Waals surface area contributed by atoms with Crippen LogP contribution in [-0.2, 0) is 0 Å². The smallest absolute Gasteiger partial charge is 0.161 e. The molecule has 1 aromatic rings. The maximum Gasteiger partial charge on any atom is 0.161 e. The largest absolute Gasteiger partial charge is 0.493 e. The summed E-state index contributed by atoms with van der Waals surface area (Å²) < 4.78 is 11.3. The molecule has 1 aliphatic carbocycles. The average Bonchev–Trinajstić information content (AvgIpc) is 2.68. The van der Waals surface area contributed by atoms with E-state index < -0.39 is 0 Å². The van der Waals surface area contributed by atoms with Gasteiger partial charge in [-0.2, -0.15) is 0 Å². The normalized spacial score (nSPS) is 16.9. The van der Waals surface area contributed by atoms with Crippen LogP contribution in [0.5, 0.6) is 11.5 Å². The molecule has 2 rings (SSSR count). The predicted molar refractivity (Wildman–Crippen MR) is 70.5 cm³/mol. The Morgan fingerprint density at radius 2 is 1.83 bits per heavy atom. The Kier molecular flexibility index (Phi) is 4.62. The van der Waals surface area contributed by atoms with Crippen molar-refractivity contribution in [1.82, 2.24) is 0 Å². The molecule has 0 amide bonds. The molecule has 3 nitrogen and oxygen atoms in total. The highest BCUT2D eigenvalue weighted by Crippen LogP contribution is 2.31. The third kappa shape index (κ3) is 3.25. The van der Waals surface area contributed by atoms with Crippen molar-refractivity contribution in [1.29, 1.82) is 0 Å². The van der Waals surface area contributed by atoms with Gasteiger partial charge in [0.15, 0.2) is 11.5 Å². The van der Waals surface area contributed by atoms with Crippen LogP contribution in [-0.4, -0.2) is 19.5 Å².